The van der Waals surface area contributed by atoms with Crippen molar-refractivity contribution in [1.29, 1.82) is 0 Å². The Kier molecular flexibility index (Phi) is 8.11. The largest absolute Gasteiger partial charge is 0.326 e. The molecule has 0 aliphatic heterocycles. The predicted octanol–water partition coefficient (Wildman–Crippen LogP) is 3.27. The second-order valence-corrected chi connectivity index (χ2v) is 7.38. The first-order valence-corrected chi connectivity index (χ1v) is 9.61. The van der Waals surface area contributed by atoms with E-state index in [1.807, 2.05) is 13.8 Å². The molecule has 4 N–H and O–H groups in total. The van der Waals surface area contributed by atoms with Crippen LogP contribution in [0.15, 0.2) is 48.5 Å². The lowest BCUT2D eigenvalue weighted by Gasteiger charge is -2.12. The van der Waals surface area contributed by atoms with Crippen LogP contribution in [-0.2, 0) is 4.79 Å². The zero-order valence-electron chi connectivity index (χ0n) is 15.9. The molecule has 0 saturated carbocycles. The molecule has 2 aromatic rings. The van der Waals surface area contributed by atoms with Gasteiger partial charge in [0.2, 0.25) is 5.91 Å². The first kappa shape index (κ1) is 22.3. The molecule has 0 aliphatic rings. The molecule has 0 radical (unpaired) electrons. The maximum atomic E-state index is 12.2. The third-order valence-electron chi connectivity index (χ3n) is 3.66. The molecule has 0 saturated heterocycles. The molecule has 0 bridgehead atoms. The number of rotatable bonds is 5. The number of carbonyl (C=O) groups is 3. The summed E-state index contributed by atoms with van der Waals surface area (Å²) < 4.78 is 0. The minimum absolute atomic E-state index is 0.0826. The van der Waals surface area contributed by atoms with Crippen LogP contribution in [0.1, 0.15) is 41.0 Å². The van der Waals surface area contributed by atoms with Crippen molar-refractivity contribution in [2.75, 3.05) is 5.32 Å². The van der Waals surface area contributed by atoms with Gasteiger partial charge in [-0.1, -0.05) is 37.6 Å². The zero-order valence-corrected chi connectivity index (χ0v) is 17.5. The Labute approximate surface area is 179 Å². The lowest BCUT2D eigenvalue weighted by molar-refractivity contribution is -0.116. The Morgan fingerprint density at radius 3 is 2.24 bits per heavy atom. The van der Waals surface area contributed by atoms with Crippen molar-refractivity contribution < 1.29 is 14.4 Å². The Morgan fingerprint density at radius 1 is 0.966 bits per heavy atom. The van der Waals surface area contributed by atoms with Gasteiger partial charge in [0.05, 0.1) is 10.6 Å². The highest BCUT2D eigenvalue weighted by molar-refractivity contribution is 7.80. The van der Waals surface area contributed by atoms with Gasteiger partial charge in [0.1, 0.15) is 0 Å². The van der Waals surface area contributed by atoms with E-state index in [0.717, 1.165) is 0 Å². The van der Waals surface area contributed by atoms with Crippen molar-refractivity contribution in [1.82, 2.24) is 16.2 Å². The van der Waals surface area contributed by atoms with Crippen LogP contribution in [-0.4, -0.2) is 22.8 Å². The van der Waals surface area contributed by atoms with E-state index < -0.39 is 11.8 Å². The van der Waals surface area contributed by atoms with Crippen molar-refractivity contribution in [3.63, 3.8) is 0 Å². The maximum Gasteiger partial charge on any atom is 0.269 e. The summed E-state index contributed by atoms with van der Waals surface area (Å²) in [6.45, 7) is 3.92. The molecule has 152 valence electrons. The van der Waals surface area contributed by atoms with E-state index in [1.54, 1.807) is 48.5 Å². The molecule has 2 rings (SSSR count). The van der Waals surface area contributed by atoms with Crippen LogP contribution in [0.4, 0.5) is 5.69 Å². The molecule has 0 heterocycles. The molecular formula is C20H21ClN4O3S. The summed E-state index contributed by atoms with van der Waals surface area (Å²) in [5, 5.41) is 5.40. The molecular weight excluding hydrogens is 412 g/mol. The van der Waals surface area contributed by atoms with Crippen LogP contribution < -0.4 is 21.5 Å². The van der Waals surface area contributed by atoms with Crippen LogP contribution in [0.5, 0.6) is 0 Å². The van der Waals surface area contributed by atoms with Gasteiger partial charge in [-0.05, 0) is 54.5 Å². The van der Waals surface area contributed by atoms with E-state index in [9.17, 15) is 14.4 Å². The second-order valence-electron chi connectivity index (χ2n) is 6.57. The normalized spacial score (nSPS) is 10.2. The average Bonchev–Trinajstić information content (AvgIpc) is 2.66. The monoisotopic (exact) mass is 432 g/mol. The Balaban J connectivity index is 1.84. The minimum atomic E-state index is -0.496. The van der Waals surface area contributed by atoms with Gasteiger partial charge in [-0.3, -0.25) is 30.6 Å². The number of amides is 3. The first-order chi connectivity index (χ1) is 13.8. The highest BCUT2D eigenvalue weighted by Crippen LogP contribution is 2.14. The molecule has 9 heteroatoms. The van der Waals surface area contributed by atoms with Crippen molar-refractivity contribution in [2.45, 2.75) is 20.3 Å². The van der Waals surface area contributed by atoms with Crippen LogP contribution in [0.25, 0.3) is 0 Å². The third-order valence-corrected chi connectivity index (χ3v) is 4.19. The highest BCUT2D eigenvalue weighted by atomic mass is 35.5. The molecule has 0 atom stereocenters. The van der Waals surface area contributed by atoms with Crippen LogP contribution in [0.2, 0.25) is 5.02 Å². The van der Waals surface area contributed by atoms with E-state index in [-0.39, 0.29) is 27.5 Å². The summed E-state index contributed by atoms with van der Waals surface area (Å²) >= 11 is 11.0. The molecule has 0 aliphatic carbocycles. The quantitative estimate of drug-likeness (QED) is 0.429. The van der Waals surface area contributed by atoms with Gasteiger partial charge >= 0.3 is 0 Å². The van der Waals surface area contributed by atoms with Crippen molar-refractivity contribution in [3.8, 4) is 0 Å². The first-order valence-electron chi connectivity index (χ1n) is 8.82. The molecule has 29 heavy (non-hydrogen) atoms. The fourth-order valence-corrected chi connectivity index (χ4v) is 2.69. The summed E-state index contributed by atoms with van der Waals surface area (Å²) in [5.74, 6) is -0.782. The van der Waals surface area contributed by atoms with Gasteiger partial charge in [-0.25, -0.2) is 0 Å². The van der Waals surface area contributed by atoms with E-state index in [4.69, 9.17) is 23.8 Å². The minimum Gasteiger partial charge on any atom is -0.326 e. The number of benzene rings is 2. The number of hydrogen-bond donors (Lipinski definition) is 4. The van der Waals surface area contributed by atoms with Gasteiger partial charge < -0.3 is 5.32 Å². The standard InChI is InChI=1S/C20H21ClN4O3S/c1-12(2)11-17(26)22-14-9-7-13(8-10-14)18(27)24-25-20(29)23-19(28)15-5-3-4-6-16(15)21/h3-10,12H,11H2,1-2H3,(H,22,26)(H,24,27)(H2,23,25,28,29). The summed E-state index contributed by atoms with van der Waals surface area (Å²) in [4.78, 5) is 36.1. The van der Waals surface area contributed by atoms with Gasteiger partial charge in [0.25, 0.3) is 11.8 Å². The second kappa shape index (κ2) is 10.5. The van der Waals surface area contributed by atoms with Crippen molar-refractivity contribution in [3.05, 3.63) is 64.7 Å². The fourth-order valence-electron chi connectivity index (χ4n) is 2.32. The molecule has 0 unspecified atom stereocenters. The smallest absolute Gasteiger partial charge is 0.269 e. The van der Waals surface area contributed by atoms with Gasteiger partial charge in [0.15, 0.2) is 5.11 Å². The predicted molar refractivity (Wildman–Crippen MR) is 117 cm³/mol. The molecule has 7 nitrogen and oxygen atoms in total. The van der Waals surface area contributed by atoms with Crippen molar-refractivity contribution >= 4 is 52.3 Å². The fraction of sp³-hybridized carbons (Fsp3) is 0.200. The topological polar surface area (TPSA) is 99.3 Å². The maximum absolute atomic E-state index is 12.2. The Hall–Kier alpha value is -2.97. The number of hydrazine groups is 1. The van der Waals surface area contributed by atoms with Crippen LogP contribution in [0, 0.1) is 5.92 Å². The summed E-state index contributed by atoms with van der Waals surface area (Å²) in [6, 6.07) is 12.9. The number of halogens is 1. The van der Waals surface area contributed by atoms with Crippen molar-refractivity contribution in [2.24, 2.45) is 5.92 Å². The molecule has 2 aromatic carbocycles. The van der Waals surface area contributed by atoms with Gasteiger partial charge in [-0.2, -0.15) is 0 Å². The molecule has 0 fully saturated rings. The number of nitrogens with one attached hydrogen (secondary N) is 4. The number of carbonyl (C=O) groups excluding carboxylic acids is 3. The van der Waals surface area contributed by atoms with Crippen LogP contribution >= 0.6 is 23.8 Å². The third kappa shape index (κ3) is 7.17. The number of hydrogen-bond acceptors (Lipinski definition) is 4. The average molecular weight is 433 g/mol. The lowest BCUT2D eigenvalue weighted by atomic mass is 10.1. The van der Waals surface area contributed by atoms with E-state index in [1.165, 1.54) is 0 Å². The number of anilines is 1. The molecule has 0 spiro atoms. The SMILES string of the molecule is CC(C)CC(=O)Nc1ccc(C(=O)NNC(=S)NC(=O)c2ccccc2Cl)cc1. The number of thiocarbonyl (C=S) groups is 1. The van der Waals surface area contributed by atoms with E-state index >= 15 is 0 Å². The van der Waals surface area contributed by atoms with E-state index in [2.05, 4.69) is 21.5 Å². The Bertz CT molecular complexity index is 916. The summed E-state index contributed by atoms with van der Waals surface area (Å²) in [5.41, 5.74) is 6.06. The highest BCUT2D eigenvalue weighted by Gasteiger charge is 2.12. The molecule has 3 amide bonds. The zero-order chi connectivity index (χ0) is 21.4. The van der Waals surface area contributed by atoms with E-state index in [0.29, 0.717) is 17.7 Å². The van der Waals surface area contributed by atoms with Gasteiger partial charge in [-0.15, -0.1) is 0 Å². The molecule has 0 aromatic heterocycles. The Morgan fingerprint density at radius 2 is 1.62 bits per heavy atom. The lowest BCUT2D eigenvalue weighted by Crippen LogP contribution is -2.48. The summed E-state index contributed by atoms with van der Waals surface area (Å²) in [6.07, 6.45) is 0.420. The van der Waals surface area contributed by atoms with Crippen LogP contribution in [0.3, 0.4) is 0 Å². The van der Waals surface area contributed by atoms with Gasteiger partial charge in [0, 0.05) is 17.7 Å². The summed E-state index contributed by atoms with van der Waals surface area (Å²) in [7, 11) is 0.